The van der Waals surface area contributed by atoms with Crippen LogP contribution in [0.4, 0.5) is 13.2 Å². The number of rotatable bonds is 5. The van der Waals surface area contributed by atoms with E-state index in [9.17, 15) is 18.0 Å². The van der Waals surface area contributed by atoms with Crippen LogP contribution in [0.1, 0.15) is 25.3 Å². The highest BCUT2D eigenvalue weighted by Crippen LogP contribution is 2.28. The van der Waals surface area contributed by atoms with Crippen LogP contribution in [-0.4, -0.2) is 17.2 Å². The predicted molar refractivity (Wildman–Crippen MR) is 65.9 cm³/mol. The average molecular weight is 274 g/mol. The van der Waals surface area contributed by atoms with Gasteiger partial charge in [-0.15, -0.1) is 0 Å². The lowest BCUT2D eigenvalue weighted by atomic mass is 10.1. The number of halogens is 3. The van der Waals surface area contributed by atoms with Crippen molar-refractivity contribution in [3.63, 3.8) is 0 Å². The highest BCUT2D eigenvalue weighted by atomic mass is 19.4. The standard InChI is InChI=1S/C13H17F3N2O/c1-9(6-17-11-3-4-11)7-18-8-10(13(14,15)16)2-5-12(18)19/h2,5,8-9,11,17H,3-4,6-7H2,1H3. The lowest BCUT2D eigenvalue weighted by Crippen LogP contribution is -2.30. The summed E-state index contributed by atoms with van der Waals surface area (Å²) < 4.78 is 38.9. The number of nitrogens with zero attached hydrogens (tertiary/aromatic N) is 1. The molecule has 1 aliphatic carbocycles. The van der Waals surface area contributed by atoms with Crippen LogP contribution in [0.2, 0.25) is 0 Å². The fourth-order valence-electron chi connectivity index (χ4n) is 1.90. The molecule has 0 aromatic carbocycles. The van der Waals surface area contributed by atoms with Gasteiger partial charge in [0.05, 0.1) is 5.56 Å². The molecule has 1 fully saturated rings. The molecule has 106 valence electrons. The summed E-state index contributed by atoms with van der Waals surface area (Å²) in [4.78, 5) is 11.6. The summed E-state index contributed by atoms with van der Waals surface area (Å²) in [7, 11) is 0. The third kappa shape index (κ3) is 4.09. The van der Waals surface area contributed by atoms with Gasteiger partial charge in [-0.2, -0.15) is 13.2 Å². The molecule has 1 saturated carbocycles. The maximum Gasteiger partial charge on any atom is 0.417 e. The first-order chi connectivity index (χ1) is 8.86. The zero-order valence-electron chi connectivity index (χ0n) is 10.7. The SMILES string of the molecule is CC(CNC1CC1)Cn1cc(C(F)(F)F)ccc1=O. The van der Waals surface area contributed by atoms with Crippen molar-refractivity contribution in [1.82, 2.24) is 9.88 Å². The summed E-state index contributed by atoms with van der Waals surface area (Å²) in [6.07, 6.45) is -1.19. The van der Waals surface area contributed by atoms with Crippen LogP contribution in [0, 0.1) is 5.92 Å². The van der Waals surface area contributed by atoms with Gasteiger partial charge in [-0.1, -0.05) is 6.92 Å². The van der Waals surface area contributed by atoms with E-state index in [0.29, 0.717) is 19.1 Å². The fraction of sp³-hybridized carbons (Fsp3) is 0.615. The van der Waals surface area contributed by atoms with Gasteiger partial charge in [-0.05, 0) is 31.4 Å². The van der Waals surface area contributed by atoms with E-state index in [1.54, 1.807) is 0 Å². The quantitative estimate of drug-likeness (QED) is 0.893. The third-order valence-electron chi connectivity index (χ3n) is 3.15. The Balaban J connectivity index is 2.03. The molecule has 0 bridgehead atoms. The van der Waals surface area contributed by atoms with E-state index in [0.717, 1.165) is 35.7 Å². The topological polar surface area (TPSA) is 34.0 Å². The van der Waals surface area contributed by atoms with Crippen LogP contribution >= 0.6 is 0 Å². The Morgan fingerprint density at radius 1 is 1.42 bits per heavy atom. The van der Waals surface area contributed by atoms with Gasteiger partial charge in [-0.3, -0.25) is 4.79 Å². The average Bonchev–Trinajstić information content (AvgIpc) is 3.12. The summed E-state index contributed by atoms with van der Waals surface area (Å²) >= 11 is 0. The Morgan fingerprint density at radius 2 is 2.11 bits per heavy atom. The first kappa shape index (κ1) is 14.1. The number of hydrogen-bond acceptors (Lipinski definition) is 2. The van der Waals surface area contributed by atoms with Crippen LogP contribution < -0.4 is 10.9 Å². The largest absolute Gasteiger partial charge is 0.417 e. The molecule has 1 heterocycles. The molecule has 0 amide bonds. The minimum Gasteiger partial charge on any atom is -0.315 e. The Hall–Kier alpha value is -1.30. The molecule has 1 unspecified atom stereocenters. The Morgan fingerprint density at radius 3 is 2.68 bits per heavy atom. The van der Waals surface area contributed by atoms with E-state index in [4.69, 9.17) is 0 Å². The highest BCUT2D eigenvalue weighted by molar-refractivity contribution is 5.13. The van der Waals surface area contributed by atoms with Gasteiger partial charge in [0.15, 0.2) is 0 Å². The lowest BCUT2D eigenvalue weighted by Gasteiger charge is -2.15. The van der Waals surface area contributed by atoms with E-state index >= 15 is 0 Å². The molecular formula is C13H17F3N2O. The van der Waals surface area contributed by atoms with Crippen LogP contribution in [0.25, 0.3) is 0 Å². The van der Waals surface area contributed by atoms with Gasteiger partial charge in [-0.25, -0.2) is 0 Å². The van der Waals surface area contributed by atoms with Crippen molar-refractivity contribution in [3.05, 3.63) is 34.2 Å². The number of hydrogen-bond donors (Lipinski definition) is 1. The number of aromatic nitrogens is 1. The fourth-order valence-corrected chi connectivity index (χ4v) is 1.90. The molecule has 1 atom stereocenters. The van der Waals surface area contributed by atoms with E-state index in [2.05, 4.69) is 5.32 Å². The minimum atomic E-state index is -4.41. The summed E-state index contributed by atoms with van der Waals surface area (Å²) in [5.41, 5.74) is -1.18. The minimum absolute atomic E-state index is 0.113. The molecule has 0 spiro atoms. The van der Waals surface area contributed by atoms with Gasteiger partial charge in [0.2, 0.25) is 0 Å². The highest BCUT2D eigenvalue weighted by Gasteiger charge is 2.31. The van der Waals surface area contributed by atoms with E-state index in [-0.39, 0.29) is 5.92 Å². The van der Waals surface area contributed by atoms with Crippen LogP contribution in [-0.2, 0) is 12.7 Å². The van der Waals surface area contributed by atoms with E-state index < -0.39 is 17.3 Å². The summed E-state index contributed by atoms with van der Waals surface area (Å²) in [5.74, 6) is 0.113. The molecule has 1 aromatic heterocycles. The second kappa shape index (κ2) is 5.36. The van der Waals surface area contributed by atoms with Crippen LogP contribution in [0.3, 0.4) is 0 Å². The van der Waals surface area contributed by atoms with Gasteiger partial charge >= 0.3 is 6.18 Å². The van der Waals surface area contributed by atoms with Crippen LogP contribution in [0.15, 0.2) is 23.1 Å². The van der Waals surface area contributed by atoms with E-state index in [1.807, 2.05) is 6.92 Å². The molecule has 6 heteroatoms. The molecule has 1 N–H and O–H groups in total. The summed E-state index contributed by atoms with van der Waals surface area (Å²) in [6, 6.07) is 2.36. The van der Waals surface area contributed by atoms with Crippen molar-refractivity contribution in [1.29, 1.82) is 0 Å². The molecule has 3 nitrogen and oxygen atoms in total. The molecule has 1 aliphatic rings. The van der Waals surface area contributed by atoms with Gasteiger partial charge in [0.25, 0.3) is 5.56 Å². The normalized spacial score (nSPS) is 17.5. The summed E-state index contributed by atoms with van der Waals surface area (Å²) in [5, 5.41) is 3.30. The predicted octanol–water partition coefficient (Wildman–Crippen LogP) is 2.26. The second-order valence-electron chi connectivity index (χ2n) is 5.19. The zero-order chi connectivity index (χ0) is 14.0. The number of pyridine rings is 1. The molecule has 2 rings (SSSR count). The molecule has 0 aliphatic heterocycles. The van der Waals surface area contributed by atoms with Crippen molar-refractivity contribution in [3.8, 4) is 0 Å². The molecule has 19 heavy (non-hydrogen) atoms. The lowest BCUT2D eigenvalue weighted by molar-refractivity contribution is -0.138. The van der Waals surface area contributed by atoms with Crippen molar-refractivity contribution < 1.29 is 13.2 Å². The molecule has 1 aromatic rings. The monoisotopic (exact) mass is 274 g/mol. The maximum absolute atomic E-state index is 12.6. The van der Waals surface area contributed by atoms with Crippen molar-refractivity contribution in [2.75, 3.05) is 6.54 Å². The van der Waals surface area contributed by atoms with Crippen molar-refractivity contribution >= 4 is 0 Å². The van der Waals surface area contributed by atoms with Crippen LogP contribution in [0.5, 0.6) is 0 Å². The second-order valence-corrected chi connectivity index (χ2v) is 5.19. The smallest absolute Gasteiger partial charge is 0.315 e. The van der Waals surface area contributed by atoms with Crippen molar-refractivity contribution in [2.45, 2.75) is 38.5 Å². The van der Waals surface area contributed by atoms with E-state index in [1.165, 1.54) is 0 Å². The number of alkyl halides is 3. The Bertz CT molecular complexity index is 491. The Labute approximate surface area is 109 Å². The first-order valence-electron chi connectivity index (χ1n) is 6.37. The summed E-state index contributed by atoms with van der Waals surface area (Å²) in [6.45, 7) is 2.93. The molecular weight excluding hydrogens is 257 g/mol. The maximum atomic E-state index is 12.6. The Kier molecular flexibility index (Phi) is 3.99. The van der Waals surface area contributed by atoms with Gasteiger partial charge < -0.3 is 9.88 Å². The zero-order valence-corrected chi connectivity index (χ0v) is 10.7. The number of nitrogens with one attached hydrogen (secondary N) is 1. The first-order valence-corrected chi connectivity index (χ1v) is 6.37. The third-order valence-corrected chi connectivity index (χ3v) is 3.15. The molecule has 0 radical (unpaired) electrons. The van der Waals surface area contributed by atoms with Gasteiger partial charge in [0.1, 0.15) is 0 Å². The van der Waals surface area contributed by atoms with Gasteiger partial charge in [0, 0.05) is 24.8 Å². The molecule has 0 saturated heterocycles. The van der Waals surface area contributed by atoms with Crippen molar-refractivity contribution in [2.24, 2.45) is 5.92 Å².